The normalized spacial score (nSPS) is 25.6. The number of hydrogen-bond donors (Lipinski definition) is 1. The van der Waals surface area contributed by atoms with E-state index in [1.165, 1.54) is 5.56 Å². The van der Waals surface area contributed by atoms with Gasteiger partial charge >= 0.3 is 0 Å². The Hall–Kier alpha value is -2.05. The molecule has 1 unspecified atom stereocenters. The highest BCUT2D eigenvalue weighted by atomic mass is 16.5. The van der Waals surface area contributed by atoms with Gasteiger partial charge in [-0.2, -0.15) is 5.26 Å². The largest absolute Gasteiger partial charge is 0.378 e. The van der Waals surface area contributed by atoms with Gasteiger partial charge in [-0.15, -0.1) is 0 Å². The van der Waals surface area contributed by atoms with Crippen LogP contribution in [0.2, 0.25) is 0 Å². The second kappa shape index (κ2) is 9.84. The quantitative estimate of drug-likeness (QED) is 0.746. The summed E-state index contributed by atoms with van der Waals surface area (Å²) in [6.07, 6.45) is 4.83. The fourth-order valence-corrected chi connectivity index (χ4v) is 4.70. The molecule has 0 radical (unpaired) electrons. The highest BCUT2D eigenvalue weighted by Gasteiger charge is 2.44. The molecule has 8 nitrogen and oxygen atoms in total. The fraction of sp³-hybridized carbons (Fsp3) is 0.682. The van der Waals surface area contributed by atoms with Crippen LogP contribution in [-0.4, -0.2) is 97.2 Å². The molecular weight excluding hydrogens is 380 g/mol. The molecule has 30 heavy (non-hydrogen) atoms. The molecule has 3 aliphatic heterocycles. The number of aromatic nitrogens is 1. The number of nitrogens with zero attached hydrogens (tertiary/aromatic N) is 5. The first-order valence-corrected chi connectivity index (χ1v) is 11.0. The van der Waals surface area contributed by atoms with Crippen molar-refractivity contribution in [2.24, 2.45) is 5.41 Å². The molecule has 1 aromatic rings. The van der Waals surface area contributed by atoms with Gasteiger partial charge in [0.2, 0.25) is 5.91 Å². The molecule has 3 fully saturated rings. The van der Waals surface area contributed by atoms with Gasteiger partial charge in [-0.1, -0.05) is 0 Å². The number of carbonyl (C=O) groups is 1. The summed E-state index contributed by atoms with van der Waals surface area (Å²) < 4.78 is 5.54. The van der Waals surface area contributed by atoms with Crippen LogP contribution in [0.1, 0.15) is 18.4 Å². The number of piperidine rings is 1. The van der Waals surface area contributed by atoms with Crippen molar-refractivity contribution in [3.63, 3.8) is 0 Å². The van der Waals surface area contributed by atoms with Crippen LogP contribution in [0, 0.1) is 16.7 Å². The lowest BCUT2D eigenvalue weighted by atomic mass is 9.78. The van der Waals surface area contributed by atoms with E-state index in [4.69, 9.17) is 4.74 Å². The van der Waals surface area contributed by atoms with Crippen LogP contribution in [0.15, 0.2) is 24.5 Å². The Balaban J connectivity index is 1.26. The van der Waals surface area contributed by atoms with Crippen LogP contribution in [0.5, 0.6) is 0 Å². The second-order valence-electron chi connectivity index (χ2n) is 8.64. The third-order valence-electron chi connectivity index (χ3n) is 6.63. The molecule has 4 heterocycles. The number of rotatable bonds is 5. The van der Waals surface area contributed by atoms with Crippen molar-refractivity contribution in [3.05, 3.63) is 30.1 Å². The van der Waals surface area contributed by atoms with Crippen molar-refractivity contribution in [1.82, 2.24) is 25.0 Å². The predicted molar refractivity (Wildman–Crippen MR) is 112 cm³/mol. The zero-order valence-electron chi connectivity index (χ0n) is 17.6. The maximum absolute atomic E-state index is 13.3. The number of ether oxygens (including phenoxy) is 1. The second-order valence-corrected chi connectivity index (χ2v) is 8.64. The Morgan fingerprint density at radius 2 is 1.90 bits per heavy atom. The summed E-state index contributed by atoms with van der Waals surface area (Å²) in [4.78, 5) is 24.0. The third kappa shape index (κ3) is 4.98. The fourth-order valence-electron chi connectivity index (χ4n) is 4.70. The van der Waals surface area contributed by atoms with Gasteiger partial charge in [-0.25, -0.2) is 0 Å². The van der Waals surface area contributed by atoms with Gasteiger partial charge in [0.15, 0.2) is 0 Å². The SMILES string of the molecule is N#CC1(C(=O)N2CCN(CC3COCCN3)CC2)CCN(Cc2ccncc2)CC1. The van der Waals surface area contributed by atoms with Crippen molar-refractivity contribution >= 4 is 5.91 Å². The first kappa shape index (κ1) is 21.2. The van der Waals surface area contributed by atoms with Gasteiger partial charge in [-0.3, -0.25) is 19.6 Å². The van der Waals surface area contributed by atoms with Gasteiger partial charge in [0.05, 0.1) is 19.3 Å². The van der Waals surface area contributed by atoms with Crippen LogP contribution < -0.4 is 5.32 Å². The minimum Gasteiger partial charge on any atom is -0.378 e. The number of piperazine rings is 1. The van der Waals surface area contributed by atoms with Crippen molar-refractivity contribution < 1.29 is 9.53 Å². The van der Waals surface area contributed by atoms with Crippen LogP contribution >= 0.6 is 0 Å². The van der Waals surface area contributed by atoms with Crippen LogP contribution in [0.3, 0.4) is 0 Å². The first-order valence-electron chi connectivity index (χ1n) is 11.0. The van der Waals surface area contributed by atoms with Crippen molar-refractivity contribution in [2.75, 3.05) is 65.6 Å². The molecule has 8 heteroatoms. The lowest BCUT2D eigenvalue weighted by molar-refractivity contribution is -0.143. The minimum absolute atomic E-state index is 0.0346. The van der Waals surface area contributed by atoms with E-state index in [1.807, 2.05) is 17.0 Å². The van der Waals surface area contributed by atoms with Crippen molar-refractivity contribution in [2.45, 2.75) is 25.4 Å². The van der Waals surface area contributed by atoms with Crippen LogP contribution in [0.25, 0.3) is 0 Å². The highest BCUT2D eigenvalue weighted by Crippen LogP contribution is 2.34. The number of nitrogens with one attached hydrogen (secondary N) is 1. The van der Waals surface area contributed by atoms with Gasteiger partial charge in [0.1, 0.15) is 5.41 Å². The first-order chi connectivity index (χ1) is 14.7. The Kier molecular flexibility index (Phi) is 6.95. The molecule has 0 aromatic carbocycles. The smallest absolute Gasteiger partial charge is 0.243 e. The number of morpholine rings is 1. The molecule has 0 spiro atoms. The maximum atomic E-state index is 13.3. The van der Waals surface area contributed by atoms with E-state index >= 15 is 0 Å². The zero-order valence-corrected chi connectivity index (χ0v) is 17.6. The third-order valence-corrected chi connectivity index (χ3v) is 6.63. The summed E-state index contributed by atoms with van der Waals surface area (Å²) in [5.74, 6) is 0.0346. The van der Waals surface area contributed by atoms with Gasteiger partial charge in [0.25, 0.3) is 0 Å². The molecule has 0 aliphatic carbocycles. The molecule has 1 aromatic heterocycles. The molecule has 0 saturated carbocycles. The summed E-state index contributed by atoms with van der Waals surface area (Å²) in [5, 5.41) is 13.4. The number of likely N-dealkylation sites (tertiary alicyclic amines) is 1. The molecule has 1 amide bonds. The number of hydrogen-bond acceptors (Lipinski definition) is 7. The van der Waals surface area contributed by atoms with E-state index < -0.39 is 5.41 Å². The molecular formula is C22H32N6O2. The Labute approximate surface area is 178 Å². The van der Waals surface area contributed by atoms with Crippen molar-refractivity contribution in [3.8, 4) is 6.07 Å². The lowest BCUT2D eigenvalue weighted by Crippen LogP contribution is -2.57. The van der Waals surface area contributed by atoms with E-state index in [1.54, 1.807) is 12.4 Å². The highest BCUT2D eigenvalue weighted by molar-refractivity contribution is 5.85. The van der Waals surface area contributed by atoms with E-state index in [0.717, 1.165) is 59.0 Å². The van der Waals surface area contributed by atoms with Crippen LogP contribution in [0.4, 0.5) is 0 Å². The molecule has 1 atom stereocenters. The summed E-state index contributed by atoms with van der Waals surface area (Å²) in [7, 11) is 0. The average Bonchev–Trinajstić information content (AvgIpc) is 2.81. The van der Waals surface area contributed by atoms with Gasteiger partial charge in [-0.05, 0) is 30.5 Å². The number of carbonyl (C=O) groups excluding carboxylic acids is 1. The molecule has 162 valence electrons. The summed E-state index contributed by atoms with van der Waals surface area (Å²) in [6, 6.07) is 6.82. The molecule has 4 rings (SSSR count). The van der Waals surface area contributed by atoms with Crippen LogP contribution in [-0.2, 0) is 16.1 Å². The minimum atomic E-state index is -0.865. The predicted octanol–water partition coefficient (Wildman–Crippen LogP) is 0.320. The summed E-state index contributed by atoms with van der Waals surface area (Å²) >= 11 is 0. The summed E-state index contributed by atoms with van der Waals surface area (Å²) in [5.41, 5.74) is 0.352. The topological polar surface area (TPSA) is 84.7 Å². The van der Waals surface area contributed by atoms with E-state index in [9.17, 15) is 10.1 Å². The maximum Gasteiger partial charge on any atom is 0.243 e. The molecule has 3 saturated heterocycles. The molecule has 1 N–H and O–H groups in total. The van der Waals surface area contributed by atoms with E-state index in [2.05, 4.69) is 26.2 Å². The number of pyridine rings is 1. The van der Waals surface area contributed by atoms with E-state index in [-0.39, 0.29) is 5.91 Å². The monoisotopic (exact) mass is 412 g/mol. The molecule has 0 bridgehead atoms. The van der Waals surface area contributed by atoms with E-state index in [0.29, 0.717) is 32.0 Å². The van der Waals surface area contributed by atoms with Crippen molar-refractivity contribution in [1.29, 1.82) is 5.26 Å². The van der Waals surface area contributed by atoms with Gasteiger partial charge in [0, 0.05) is 77.3 Å². The number of nitriles is 1. The number of amides is 1. The zero-order chi connectivity index (χ0) is 20.8. The Morgan fingerprint density at radius 3 is 2.53 bits per heavy atom. The lowest BCUT2D eigenvalue weighted by Gasteiger charge is -2.42. The average molecular weight is 413 g/mol. The van der Waals surface area contributed by atoms with Gasteiger partial charge < -0.3 is 15.0 Å². The molecule has 3 aliphatic rings. The standard InChI is InChI=1S/C22H32N6O2/c23-18-22(3-8-26(9-4-22)15-19-1-5-24-6-2-19)21(29)28-12-10-27(11-13-28)16-20-17-30-14-7-25-20/h1-2,5-6,20,25H,3-4,7-17H2. The Morgan fingerprint density at radius 1 is 1.17 bits per heavy atom. The summed E-state index contributed by atoms with van der Waals surface area (Å²) in [6.45, 7) is 8.93. The Bertz CT molecular complexity index is 730.